The summed E-state index contributed by atoms with van der Waals surface area (Å²) in [5, 5.41) is 11.4. The number of carboxylic acids is 1. The van der Waals surface area contributed by atoms with Gasteiger partial charge in [-0.25, -0.2) is 14.6 Å². The number of benzene rings is 1. The molecule has 0 radical (unpaired) electrons. The standard InChI is InChI=1S/C22H27Cl2N3O4S/c1-12(2)9-18-19(14-5-6-15(23)16(24)10-14)25-21(32-18)26-7-8-27(17(11-26)20(28)29)22(30)31-13(3)4/h5-6,10,12-13,17H,7-9,11H2,1-4H3,(H,28,29). The number of hydrogen-bond donors (Lipinski definition) is 1. The smallest absolute Gasteiger partial charge is 0.410 e. The van der Waals surface area contributed by atoms with Crippen molar-refractivity contribution >= 4 is 51.7 Å². The molecular weight excluding hydrogens is 473 g/mol. The van der Waals surface area contributed by atoms with Gasteiger partial charge >= 0.3 is 12.1 Å². The van der Waals surface area contributed by atoms with E-state index in [0.29, 0.717) is 22.5 Å². The lowest BCUT2D eigenvalue weighted by Gasteiger charge is -2.38. The van der Waals surface area contributed by atoms with Crippen molar-refractivity contribution in [3.8, 4) is 11.3 Å². The third kappa shape index (κ3) is 5.66. The number of aromatic nitrogens is 1. The third-order valence-electron chi connectivity index (χ3n) is 4.98. The predicted octanol–water partition coefficient (Wildman–Crippen LogP) is 5.44. The molecule has 1 fully saturated rings. The molecule has 0 saturated carbocycles. The Morgan fingerprint density at radius 3 is 2.53 bits per heavy atom. The summed E-state index contributed by atoms with van der Waals surface area (Å²) in [6.07, 6.45) is -0.0968. The number of hydrogen-bond acceptors (Lipinski definition) is 6. The van der Waals surface area contributed by atoms with E-state index in [9.17, 15) is 14.7 Å². The van der Waals surface area contributed by atoms with Crippen molar-refractivity contribution in [2.24, 2.45) is 5.92 Å². The lowest BCUT2D eigenvalue weighted by molar-refractivity contribution is -0.143. The molecule has 2 aromatic rings. The molecule has 32 heavy (non-hydrogen) atoms. The highest BCUT2D eigenvalue weighted by Crippen LogP contribution is 2.37. The summed E-state index contributed by atoms with van der Waals surface area (Å²) in [5.74, 6) is -0.654. The van der Waals surface area contributed by atoms with Crippen LogP contribution in [0.5, 0.6) is 0 Å². The highest BCUT2D eigenvalue weighted by atomic mass is 35.5. The Balaban J connectivity index is 1.90. The van der Waals surface area contributed by atoms with Crippen molar-refractivity contribution in [1.29, 1.82) is 0 Å². The zero-order valence-electron chi connectivity index (χ0n) is 18.5. The average Bonchev–Trinajstić information content (AvgIpc) is 3.12. The first kappa shape index (κ1) is 24.6. The Kier molecular flexibility index (Phi) is 7.90. The molecule has 1 aromatic carbocycles. The molecule has 0 bridgehead atoms. The number of halogens is 2. The van der Waals surface area contributed by atoms with E-state index in [1.54, 1.807) is 37.3 Å². The highest BCUT2D eigenvalue weighted by Gasteiger charge is 2.37. The number of carbonyl (C=O) groups is 2. The van der Waals surface area contributed by atoms with Crippen LogP contribution in [0.4, 0.5) is 9.93 Å². The summed E-state index contributed by atoms with van der Waals surface area (Å²) in [4.78, 5) is 33.5. The molecule has 3 rings (SSSR count). The third-order valence-corrected chi connectivity index (χ3v) is 6.86. The van der Waals surface area contributed by atoms with Gasteiger partial charge in [0.15, 0.2) is 5.13 Å². The fourth-order valence-electron chi connectivity index (χ4n) is 3.51. The minimum absolute atomic E-state index is 0.137. The fraction of sp³-hybridized carbons (Fsp3) is 0.500. The molecule has 1 saturated heterocycles. The zero-order valence-corrected chi connectivity index (χ0v) is 20.8. The van der Waals surface area contributed by atoms with Gasteiger partial charge in [-0.05, 0) is 38.3 Å². The molecule has 174 valence electrons. The second-order valence-corrected chi connectivity index (χ2v) is 10.3. The van der Waals surface area contributed by atoms with Gasteiger partial charge in [-0.3, -0.25) is 4.90 Å². The fourth-order valence-corrected chi connectivity index (χ4v) is 5.14. The number of carbonyl (C=O) groups excluding carboxylic acids is 1. The molecule has 1 atom stereocenters. The van der Waals surface area contributed by atoms with Gasteiger partial charge in [0.1, 0.15) is 6.04 Å². The van der Waals surface area contributed by atoms with Gasteiger partial charge in [0, 0.05) is 23.5 Å². The Morgan fingerprint density at radius 1 is 1.22 bits per heavy atom. The van der Waals surface area contributed by atoms with E-state index in [2.05, 4.69) is 13.8 Å². The van der Waals surface area contributed by atoms with Gasteiger partial charge in [-0.1, -0.05) is 43.1 Å². The van der Waals surface area contributed by atoms with E-state index in [0.717, 1.165) is 27.7 Å². The van der Waals surface area contributed by atoms with Gasteiger partial charge in [-0.2, -0.15) is 0 Å². The van der Waals surface area contributed by atoms with E-state index in [1.807, 2.05) is 11.0 Å². The van der Waals surface area contributed by atoms with Crippen molar-refractivity contribution < 1.29 is 19.4 Å². The second-order valence-electron chi connectivity index (χ2n) is 8.42. The van der Waals surface area contributed by atoms with Crippen LogP contribution in [0.15, 0.2) is 18.2 Å². The van der Waals surface area contributed by atoms with E-state index in [-0.39, 0.29) is 19.2 Å². The molecule has 1 aromatic heterocycles. The van der Waals surface area contributed by atoms with E-state index in [4.69, 9.17) is 32.9 Å². The van der Waals surface area contributed by atoms with Crippen molar-refractivity contribution in [1.82, 2.24) is 9.88 Å². The molecule has 1 amide bonds. The minimum Gasteiger partial charge on any atom is -0.480 e. The summed E-state index contributed by atoms with van der Waals surface area (Å²) in [6.45, 7) is 8.59. The first-order valence-electron chi connectivity index (χ1n) is 10.5. The van der Waals surface area contributed by atoms with Gasteiger partial charge in [0.2, 0.25) is 0 Å². The first-order valence-corrected chi connectivity index (χ1v) is 12.0. The number of piperazine rings is 1. The van der Waals surface area contributed by atoms with E-state index < -0.39 is 18.1 Å². The van der Waals surface area contributed by atoms with Gasteiger partial charge in [-0.15, -0.1) is 11.3 Å². The predicted molar refractivity (Wildman–Crippen MR) is 128 cm³/mol. The van der Waals surface area contributed by atoms with Crippen molar-refractivity contribution in [2.75, 3.05) is 24.5 Å². The number of rotatable bonds is 6. The molecule has 1 N–H and O–H groups in total. The average molecular weight is 500 g/mol. The van der Waals surface area contributed by atoms with Crippen molar-refractivity contribution in [3.05, 3.63) is 33.1 Å². The molecule has 0 spiro atoms. The number of ether oxygens (including phenoxy) is 1. The summed E-state index contributed by atoms with van der Waals surface area (Å²) in [5.41, 5.74) is 1.69. The van der Waals surface area contributed by atoms with Crippen LogP contribution >= 0.6 is 34.5 Å². The summed E-state index contributed by atoms with van der Waals surface area (Å²) in [6, 6.07) is 4.42. The number of aliphatic carboxylic acids is 1. The van der Waals surface area contributed by atoms with Gasteiger partial charge in [0.05, 0.1) is 28.4 Å². The molecule has 2 heterocycles. The van der Waals surface area contributed by atoms with Crippen LogP contribution in [0.2, 0.25) is 10.0 Å². The molecular formula is C22H27Cl2N3O4S. The van der Waals surface area contributed by atoms with Crippen LogP contribution in [0, 0.1) is 5.92 Å². The number of anilines is 1. The molecule has 1 unspecified atom stereocenters. The normalized spacial score (nSPS) is 16.7. The maximum Gasteiger partial charge on any atom is 0.410 e. The minimum atomic E-state index is -1.07. The molecule has 0 aliphatic carbocycles. The van der Waals surface area contributed by atoms with Gasteiger partial charge < -0.3 is 14.7 Å². The van der Waals surface area contributed by atoms with Crippen molar-refractivity contribution in [3.63, 3.8) is 0 Å². The van der Waals surface area contributed by atoms with Crippen LogP contribution in [-0.2, 0) is 16.0 Å². The summed E-state index contributed by atoms with van der Waals surface area (Å²) in [7, 11) is 0. The summed E-state index contributed by atoms with van der Waals surface area (Å²) < 4.78 is 5.23. The maximum absolute atomic E-state index is 12.4. The van der Waals surface area contributed by atoms with Gasteiger partial charge in [0.25, 0.3) is 0 Å². The second kappa shape index (κ2) is 10.3. The quantitative estimate of drug-likeness (QED) is 0.569. The van der Waals surface area contributed by atoms with Crippen LogP contribution in [0.25, 0.3) is 11.3 Å². The largest absolute Gasteiger partial charge is 0.480 e. The zero-order chi connectivity index (χ0) is 23.6. The molecule has 7 nitrogen and oxygen atoms in total. The topological polar surface area (TPSA) is 83.0 Å². The first-order chi connectivity index (χ1) is 15.1. The molecule has 10 heteroatoms. The number of nitrogens with zero attached hydrogens (tertiary/aromatic N) is 3. The Labute approximate surface area is 201 Å². The lowest BCUT2D eigenvalue weighted by Crippen LogP contribution is -2.58. The lowest BCUT2D eigenvalue weighted by atomic mass is 10.0. The number of carboxylic acid groups (broad SMARTS) is 1. The van der Waals surface area contributed by atoms with E-state index in [1.165, 1.54) is 4.90 Å². The van der Waals surface area contributed by atoms with E-state index >= 15 is 0 Å². The van der Waals surface area contributed by atoms with Crippen LogP contribution < -0.4 is 4.90 Å². The van der Waals surface area contributed by atoms with Crippen molar-refractivity contribution in [2.45, 2.75) is 46.3 Å². The van der Waals surface area contributed by atoms with Crippen LogP contribution in [0.3, 0.4) is 0 Å². The monoisotopic (exact) mass is 499 g/mol. The highest BCUT2D eigenvalue weighted by molar-refractivity contribution is 7.16. The van der Waals surface area contributed by atoms with Crippen LogP contribution in [-0.4, -0.2) is 58.8 Å². The number of thiazole rings is 1. The Hall–Kier alpha value is -2.03. The summed E-state index contributed by atoms with van der Waals surface area (Å²) >= 11 is 13.9. The molecule has 1 aliphatic rings. The maximum atomic E-state index is 12.4. The Bertz CT molecular complexity index is 996. The SMILES string of the molecule is CC(C)Cc1sc(N2CCN(C(=O)OC(C)C)C(C(=O)O)C2)nc1-c1ccc(Cl)c(Cl)c1. The number of amides is 1. The van der Waals surface area contributed by atoms with Crippen LogP contribution in [0.1, 0.15) is 32.6 Å². The Morgan fingerprint density at radius 2 is 1.94 bits per heavy atom. The molecule has 1 aliphatic heterocycles.